The molecule has 4 heteroatoms. The van der Waals surface area contributed by atoms with Gasteiger partial charge >= 0.3 is 5.97 Å². The molecule has 0 fully saturated rings. The molecule has 1 atom stereocenters. The van der Waals surface area contributed by atoms with Gasteiger partial charge in [0.25, 0.3) is 0 Å². The fourth-order valence-corrected chi connectivity index (χ4v) is 2.16. The quantitative estimate of drug-likeness (QED) is 0.534. The molecule has 0 saturated carbocycles. The maximum absolute atomic E-state index is 10.9. The average molecular weight is 271 g/mol. The maximum Gasteiger partial charge on any atom is 0.326 e. The first-order valence-electron chi connectivity index (χ1n) is 7.57. The van der Waals surface area contributed by atoms with Crippen LogP contribution < -0.4 is 5.32 Å². The molecule has 0 spiro atoms. The standard InChI is InChI=1S/C15H29NO3/c1-3-4-5-6-7-8-9-10-11-12-14(15(18)19)16-13(2)17/h14H,3-12H2,1-2H3,(H,16,17)(H,18,19)/t14-/m0/s1. The molecule has 0 aromatic carbocycles. The SMILES string of the molecule is CCCCCCCCCCC[C@H](NC(C)=O)C(=O)O. The first kappa shape index (κ1) is 17.9. The van der Waals surface area contributed by atoms with Crippen LogP contribution in [0.15, 0.2) is 0 Å². The number of carboxylic acids is 1. The zero-order chi connectivity index (χ0) is 14.5. The van der Waals surface area contributed by atoms with Crippen molar-refractivity contribution >= 4 is 11.9 Å². The van der Waals surface area contributed by atoms with E-state index in [1.165, 1.54) is 51.9 Å². The van der Waals surface area contributed by atoms with Crippen LogP contribution in [-0.2, 0) is 9.59 Å². The fraction of sp³-hybridized carbons (Fsp3) is 0.867. The predicted molar refractivity (Wildman–Crippen MR) is 77.1 cm³/mol. The van der Waals surface area contributed by atoms with Gasteiger partial charge in [0.05, 0.1) is 0 Å². The molecule has 0 aromatic rings. The highest BCUT2D eigenvalue weighted by atomic mass is 16.4. The molecule has 0 heterocycles. The van der Waals surface area contributed by atoms with Crippen molar-refractivity contribution in [1.82, 2.24) is 5.32 Å². The van der Waals surface area contributed by atoms with E-state index < -0.39 is 12.0 Å². The van der Waals surface area contributed by atoms with E-state index in [1.807, 2.05) is 0 Å². The number of aliphatic carboxylic acids is 1. The molecule has 0 saturated heterocycles. The van der Waals surface area contributed by atoms with Crippen LogP contribution >= 0.6 is 0 Å². The Kier molecular flexibility index (Phi) is 11.3. The molecule has 1 amide bonds. The van der Waals surface area contributed by atoms with E-state index in [2.05, 4.69) is 12.2 Å². The molecule has 19 heavy (non-hydrogen) atoms. The molecule has 0 radical (unpaired) electrons. The number of carbonyl (C=O) groups is 2. The third kappa shape index (κ3) is 11.7. The Hall–Kier alpha value is -1.06. The monoisotopic (exact) mass is 271 g/mol. The minimum atomic E-state index is -0.935. The lowest BCUT2D eigenvalue weighted by molar-refractivity contribution is -0.141. The summed E-state index contributed by atoms with van der Waals surface area (Å²) in [6.45, 7) is 3.57. The first-order valence-corrected chi connectivity index (χ1v) is 7.57. The van der Waals surface area contributed by atoms with E-state index in [0.29, 0.717) is 6.42 Å². The Labute approximate surface area is 117 Å². The largest absolute Gasteiger partial charge is 0.480 e. The lowest BCUT2D eigenvalue weighted by atomic mass is 10.0. The molecular weight excluding hydrogens is 242 g/mol. The van der Waals surface area contributed by atoms with Gasteiger partial charge in [-0.2, -0.15) is 0 Å². The van der Waals surface area contributed by atoms with Crippen LogP contribution in [0.1, 0.15) is 78.1 Å². The van der Waals surface area contributed by atoms with Crippen LogP contribution in [0.2, 0.25) is 0 Å². The van der Waals surface area contributed by atoms with E-state index in [4.69, 9.17) is 5.11 Å². The van der Waals surface area contributed by atoms with Gasteiger partial charge < -0.3 is 10.4 Å². The highest BCUT2D eigenvalue weighted by Gasteiger charge is 2.17. The van der Waals surface area contributed by atoms with Gasteiger partial charge in [0.2, 0.25) is 5.91 Å². The summed E-state index contributed by atoms with van der Waals surface area (Å²) in [7, 11) is 0. The van der Waals surface area contributed by atoms with Gasteiger partial charge in [-0.25, -0.2) is 4.79 Å². The zero-order valence-corrected chi connectivity index (χ0v) is 12.4. The second-order valence-corrected chi connectivity index (χ2v) is 5.21. The molecule has 0 aliphatic heterocycles. The number of unbranched alkanes of at least 4 members (excludes halogenated alkanes) is 8. The number of amides is 1. The number of hydrogen-bond acceptors (Lipinski definition) is 2. The average Bonchev–Trinajstić information content (AvgIpc) is 2.34. The third-order valence-electron chi connectivity index (χ3n) is 3.27. The van der Waals surface area contributed by atoms with Crippen molar-refractivity contribution in [3.05, 3.63) is 0 Å². The Morgan fingerprint density at radius 2 is 1.42 bits per heavy atom. The van der Waals surface area contributed by atoms with Crippen molar-refractivity contribution < 1.29 is 14.7 Å². The lowest BCUT2D eigenvalue weighted by Crippen LogP contribution is -2.39. The summed E-state index contributed by atoms with van der Waals surface area (Å²) in [5, 5.41) is 11.4. The number of nitrogens with one attached hydrogen (secondary N) is 1. The molecule has 0 aromatic heterocycles. The molecule has 112 valence electrons. The normalized spacial score (nSPS) is 12.1. The topological polar surface area (TPSA) is 66.4 Å². The van der Waals surface area contributed by atoms with Crippen molar-refractivity contribution in [3.63, 3.8) is 0 Å². The third-order valence-corrected chi connectivity index (χ3v) is 3.27. The van der Waals surface area contributed by atoms with Crippen LogP contribution in [0.4, 0.5) is 0 Å². The molecular formula is C15H29NO3. The molecule has 0 aliphatic carbocycles. The van der Waals surface area contributed by atoms with Gasteiger partial charge in [0.15, 0.2) is 0 Å². The summed E-state index contributed by atoms with van der Waals surface area (Å²) >= 11 is 0. The molecule has 0 bridgehead atoms. The number of carboxylic acid groups (broad SMARTS) is 1. The highest BCUT2D eigenvalue weighted by molar-refractivity contribution is 5.81. The Bertz CT molecular complexity index is 254. The van der Waals surface area contributed by atoms with Crippen molar-refractivity contribution in [2.45, 2.75) is 84.1 Å². The lowest BCUT2D eigenvalue weighted by Gasteiger charge is -2.12. The Balaban J connectivity index is 3.45. The van der Waals surface area contributed by atoms with Crippen LogP contribution in [0.5, 0.6) is 0 Å². The van der Waals surface area contributed by atoms with Gasteiger partial charge in [-0.1, -0.05) is 64.7 Å². The van der Waals surface area contributed by atoms with Crippen LogP contribution in [0, 0.1) is 0 Å². The molecule has 0 unspecified atom stereocenters. The summed E-state index contributed by atoms with van der Waals surface area (Å²) in [5.41, 5.74) is 0. The predicted octanol–water partition coefficient (Wildman–Crippen LogP) is 3.50. The second-order valence-electron chi connectivity index (χ2n) is 5.21. The van der Waals surface area contributed by atoms with E-state index in [0.717, 1.165) is 12.8 Å². The Morgan fingerprint density at radius 3 is 1.84 bits per heavy atom. The molecule has 4 nitrogen and oxygen atoms in total. The van der Waals surface area contributed by atoms with E-state index in [-0.39, 0.29) is 5.91 Å². The van der Waals surface area contributed by atoms with Crippen molar-refractivity contribution in [3.8, 4) is 0 Å². The smallest absolute Gasteiger partial charge is 0.326 e. The van der Waals surface area contributed by atoms with Crippen LogP contribution in [-0.4, -0.2) is 23.0 Å². The van der Waals surface area contributed by atoms with Crippen LogP contribution in [0.25, 0.3) is 0 Å². The fourth-order valence-electron chi connectivity index (χ4n) is 2.16. The van der Waals surface area contributed by atoms with Crippen molar-refractivity contribution in [2.75, 3.05) is 0 Å². The highest BCUT2D eigenvalue weighted by Crippen LogP contribution is 2.11. The van der Waals surface area contributed by atoms with E-state index >= 15 is 0 Å². The van der Waals surface area contributed by atoms with Gasteiger partial charge in [-0.3, -0.25) is 4.79 Å². The van der Waals surface area contributed by atoms with E-state index in [9.17, 15) is 9.59 Å². The summed E-state index contributed by atoms with van der Waals surface area (Å²) in [5.74, 6) is -1.21. The van der Waals surface area contributed by atoms with Gasteiger partial charge in [0, 0.05) is 6.92 Å². The molecule has 0 aliphatic rings. The second kappa shape index (κ2) is 12.0. The first-order chi connectivity index (χ1) is 9.07. The minimum Gasteiger partial charge on any atom is -0.480 e. The van der Waals surface area contributed by atoms with Gasteiger partial charge in [-0.15, -0.1) is 0 Å². The maximum atomic E-state index is 10.9. The van der Waals surface area contributed by atoms with Gasteiger partial charge in [0.1, 0.15) is 6.04 Å². The van der Waals surface area contributed by atoms with E-state index in [1.54, 1.807) is 0 Å². The summed E-state index contributed by atoms with van der Waals surface area (Å²) in [6, 6.07) is -0.720. The number of hydrogen-bond donors (Lipinski definition) is 2. The molecule has 2 N–H and O–H groups in total. The zero-order valence-electron chi connectivity index (χ0n) is 12.4. The summed E-state index contributed by atoms with van der Waals surface area (Å²) in [4.78, 5) is 21.7. The number of rotatable bonds is 12. The molecule has 0 rings (SSSR count). The van der Waals surface area contributed by atoms with Crippen LogP contribution in [0.3, 0.4) is 0 Å². The number of carbonyl (C=O) groups excluding carboxylic acids is 1. The minimum absolute atomic E-state index is 0.275. The Morgan fingerprint density at radius 1 is 0.947 bits per heavy atom. The van der Waals surface area contributed by atoms with Gasteiger partial charge in [-0.05, 0) is 6.42 Å². The summed E-state index contributed by atoms with van der Waals surface area (Å²) < 4.78 is 0. The van der Waals surface area contributed by atoms with Crippen molar-refractivity contribution in [2.24, 2.45) is 0 Å². The summed E-state index contributed by atoms with van der Waals surface area (Å²) in [6.07, 6.45) is 11.4. The van der Waals surface area contributed by atoms with Crippen molar-refractivity contribution in [1.29, 1.82) is 0 Å².